The monoisotopic (exact) mass is 171 g/mol. The number of rotatable bonds is 4. The van der Waals surface area contributed by atoms with Gasteiger partial charge in [0.15, 0.2) is 0 Å². The van der Waals surface area contributed by atoms with Crippen molar-refractivity contribution >= 4 is 5.91 Å². The molecule has 0 aromatic carbocycles. The number of hydrogen-bond donors (Lipinski definition) is 2. The molecular weight excluding hydrogens is 154 g/mol. The van der Waals surface area contributed by atoms with Gasteiger partial charge in [-0.25, -0.2) is 0 Å². The first kappa shape index (κ1) is 11.2. The molecule has 3 heteroatoms. The first-order valence-electron chi connectivity index (χ1n) is 4.14. The smallest absolute Gasteiger partial charge is 0.223 e. The number of aliphatic hydroxyl groups excluding tert-OH is 1. The molecule has 0 aliphatic rings. The standard InChI is InChI=1S/C9H17NO2/c1-4-5-6(2)8(11)7(3)9(10)12/h5,7-8,11H,4H2,1-3H3,(H2,10,12)/b6-5+/t7-,8-/m0/s1. The molecule has 0 rings (SSSR count). The molecule has 0 fully saturated rings. The Morgan fingerprint density at radius 2 is 2.17 bits per heavy atom. The van der Waals surface area contributed by atoms with Gasteiger partial charge >= 0.3 is 0 Å². The van der Waals surface area contributed by atoms with Crippen molar-refractivity contribution in [2.24, 2.45) is 11.7 Å². The summed E-state index contributed by atoms with van der Waals surface area (Å²) in [5.74, 6) is -0.973. The van der Waals surface area contributed by atoms with Gasteiger partial charge in [0.05, 0.1) is 12.0 Å². The molecular formula is C9H17NO2. The highest BCUT2D eigenvalue weighted by atomic mass is 16.3. The molecule has 0 bridgehead atoms. The number of carbonyl (C=O) groups excluding carboxylic acids is 1. The third-order valence-electron chi connectivity index (χ3n) is 1.92. The summed E-state index contributed by atoms with van der Waals surface area (Å²) in [5.41, 5.74) is 5.85. The van der Waals surface area contributed by atoms with E-state index in [4.69, 9.17) is 5.73 Å². The van der Waals surface area contributed by atoms with Gasteiger partial charge < -0.3 is 10.8 Å². The van der Waals surface area contributed by atoms with Crippen LogP contribution in [0.15, 0.2) is 11.6 Å². The van der Waals surface area contributed by atoms with Crippen LogP contribution in [0.3, 0.4) is 0 Å². The van der Waals surface area contributed by atoms with E-state index < -0.39 is 17.9 Å². The second-order valence-electron chi connectivity index (χ2n) is 2.99. The lowest BCUT2D eigenvalue weighted by atomic mass is 9.97. The Morgan fingerprint density at radius 1 is 1.67 bits per heavy atom. The second-order valence-corrected chi connectivity index (χ2v) is 2.99. The molecule has 0 aromatic rings. The fraction of sp³-hybridized carbons (Fsp3) is 0.667. The van der Waals surface area contributed by atoms with Crippen LogP contribution in [0.25, 0.3) is 0 Å². The van der Waals surface area contributed by atoms with Gasteiger partial charge in [-0.3, -0.25) is 4.79 Å². The SMILES string of the molecule is CC/C=C(\C)[C@H](O)[C@H](C)C(N)=O. The van der Waals surface area contributed by atoms with Gasteiger partial charge in [0.2, 0.25) is 5.91 Å². The highest BCUT2D eigenvalue weighted by molar-refractivity contribution is 5.77. The van der Waals surface area contributed by atoms with Gasteiger partial charge in [0, 0.05) is 0 Å². The zero-order valence-electron chi connectivity index (χ0n) is 7.87. The van der Waals surface area contributed by atoms with Crippen LogP contribution in [0.4, 0.5) is 0 Å². The molecule has 0 unspecified atom stereocenters. The predicted octanol–water partition coefficient (Wildman–Crippen LogP) is 0.825. The molecule has 0 aromatic heterocycles. The molecule has 3 nitrogen and oxygen atoms in total. The van der Waals surface area contributed by atoms with E-state index in [2.05, 4.69) is 0 Å². The van der Waals surface area contributed by atoms with E-state index in [9.17, 15) is 9.90 Å². The van der Waals surface area contributed by atoms with Gasteiger partial charge in [-0.05, 0) is 18.9 Å². The van der Waals surface area contributed by atoms with Gasteiger partial charge in [-0.15, -0.1) is 0 Å². The van der Waals surface area contributed by atoms with Crippen molar-refractivity contribution in [3.8, 4) is 0 Å². The lowest BCUT2D eigenvalue weighted by molar-refractivity contribution is -0.123. The Labute approximate surface area is 73.3 Å². The van der Waals surface area contributed by atoms with Crippen LogP contribution in [0.1, 0.15) is 27.2 Å². The third-order valence-corrected chi connectivity index (χ3v) is 1.92. The number of nitrogens with two attached hydrogens (primary N) is 1. The summed E-state index contributed by atoms with van der Waals surface area (Å²) in [5, 5.41) is 9.52. The van der Waals surface area contributed by atoms with Crippen LogP contribution in [-0.4, -0.2) is 17.1 Å². The highest BCUT2D eigenvalue weighted by Gasteiger charge is 2.20. The number of aliphatic hydroxyl groups is 1. The molecule has 0 spiro atoms. The number of carbonyl (C=O) groups is 1. The summed E-state index contributed by atoms with van der Waals surface area (Å²) >= 11 is 0. The summed E-state index contributed by atoms with van der Waals surface area (Å²) in [7, 11) is 0. The highest BCUT2D eigenvalue weighted by Crippen LogP contribution is 2.11. The zero-order valence-corrected chi connectivity index (χ0v) is 7.87. The Morgan fingerprint density at radius 3 is 2.50 bits per heavy atom. The lowest BCUT2D eigenvalue weighted by Gasteiger charge is -2.16. The number of primary amides is 1. The minimum Gasteiger partial charge on any atom is -0.388 e. The fourth-order valence-electron chi connectivity index (χ4n) is 0.993. The predicted molar refractivity (Wildman–Crippen MR) is 48.4 cm³/mol. The lowest BCUT2D eigenvalue weighted by Crippen LogP contribution is -2.31. The van der Waals surface area contributed by atoms with Gasteiger partial charge in [0.1, 0.15) is 0 Å². The van der Waals surface area contributed by atoms with Crippen LogP contribution < -0.4 is 5.73 Å². The summed E-state index contributed by atoms with van der Waals surface area (Å²) in [6.45, 7) is 5.40. The molecule has 2 atom stereocenters. The van der Waals surface area contributed by atoms with E-state index in [0.29, 0.717) is 0 Å². The van der Waals surface area contributed by atoms with Gasteiger partial charge in [-0.2, -0.15) is 0 Å². The van der Waals surface area contributed by atoms with Crippen LogP contribution in [0.5, 0.6) is 0 Å². The Balaban J connectivity index is 4.28. The minimum atomic E-state index is -0.734. The van der Waals surface area contributed by atoms with Crippen molar-refractivity contribution < 1.29 is 9.90 Å². The van der Waals surface area contributed by atoms with Crippen LogP contribution in [0, 0.1) is 5.92 Å². The molecule has 0 heterocycles. The number of allylic oxidation sites excluding steroid dienone is 1. The second kappa shape index (κ2) is 4.93. The third kappa shape index (κ3) is 3.05. The maximum absolute atomic E-state index is 10.7. The summed E-state index contributed by atoms with van der Waals surface area (Å²) < 4.78 is 0. The molecule has 0 radical (unpaired) electrons. The average molecular weight is 171 g/mol. The molecule has 0 saturated heterocycles. The normalized spacial score (nSPS) is 17.2. The summed E-state index contributed by atoms with van der Waals surface area (Å²) in [6.07, 6.45) is 2.01. The topological polar surface area (TPSA) is 63.3 Å². The Bertz CT molecular complexity index is 187. The maximum atomic E-state index is 10.7. The largest absolute Gasteiger partial charge is 0.388 e. The van der Waals surface area contributed by atoms with Crippen molar-refractivity contribution in [3.05, 3.63) is 11.6 Å². The molecule has 0 saturated carbocycles. The van der Waals surface area contributed by atoms with Gasteiger partial charge in [0.25, 0.3) is 0 Å². The molecule has 0 aliphatic carbocycles. The molecule has 1 amide bonds. The first-order chi connectivity index (χ1) is 5.50. The van der Waals surface area contributed by atoms with Gasteiger partial charge in [-0.1, -0.05) is 19.9 Å². The van der Waals surface area contributed by atoms with Crippen molar-refractivity contribution in [1.29, 1.82) is 0 Å². The van der Waals surface area contributed by atoms with Crippen LogP contribution in [0.2, 0.25) is 0 Å². The van der Waals surface area contributed by atoms with Crippen molar-refractivity contribution in [3.63, 3.8) is 0 Å². The summed E-state index contributed by atoms with van der Waals surface area (Å²) in [4.78, 5) is 10.7. The van der Waals surface area contributed by atoms with Crippen molar-refractivity contribution in [2.45, 2.75) is 33.3 Å². The number of amides is 1. The molecule has 0 aliphatic heterocycles. The Kier molecular flexibility index (Phi) is 4.59. The quantitative estimate of drug-likeness (QED) is 0.615. The fourth-order valence-corrected chi connectivity index (χ4v) is 0.993. The van der Waals surface area contributed by atoms with Crippen molar-refractivity contribution in [2.75, 3.05) is 0 Å². The van der Waals surface area contributed by atoms with E-state index >= 15 is 0 Å². The zero-order chi connectivity index (χ0) is 9.72. The van der Waals surface area contributed by atoms with Crippen LogP contribution >= 0.6 is 0 Å². The first-order valence-corrected chi connectivity index (χ1v) is 4.14. The van der Waals surface area contributed by atoms with E-state index in [0.717, 1.165) is 12.0 Å². The average Bonchev–Trinajstić information content (AvgIpc) is 2.02. The summed E-state index contributed by atoms with van der Waals surface area (Å²) in [6, 6.07) is 0. The van der Waals surface area contributed by atoms with Crippen LogP contribution in [-0.2, 0) is 4.79 Å². The molecule has 70 valence electrons. The Hall–Kier alpha value is -0.830. The molecule has 3 N–H and O–H groups in total. The number of hydrogen-bond acceptors (Lipinski definition) is 2. The maximum Gasteiger partial charge on any atom is 0.223 e. The van der Waals surface area contributed by atoms with Crippen molar-refractivity contribution in [1.82, 2.24) is 0 Å². The minimum absolute atomic E-state index is 0.466. The van der Waals surface area contributed by atoms with E-state index in [1.54, 1.807) is 13.8 Å². The van der Waals surface area contributed by atoms with E-state index in [1.807, 2.05) is 13.0 Å². The molecule has 12 heavy (non-hydrogen) atoms. The van der Waals surface area contributed by atoms with E-state index in [-0.39, 0.29) is 0 Å². The van der Waals surface area contributed by atoms with E-state index in [1.165, 1.54) is 0 Å².